The zero-order chi connectivity index (χ0) is 27.9. The molecule has 0 heterocycles. The zero-order valence-electron chi connectivity index (χ0n) is 21.8. The normalized spacial score (nSPS) is 11.9. The summed E-state index contributed by atoms with van der Waals surface area (Å²) < 4.78 is 34.1. The number of sulfonamides is 1. The van der Waals surface area contributed by atoms with Crippen LogP contribution in [0.3, 0.4) is 0 Å². The molecular weight excluding hydrogens is 526 g/mol. The van der Waals surface area contributed by atoms with Gasteiger partial charge in [0.2, 0.25) is 11.8 Å². The van der Waals surface area contributed by atoms with Gasteiger partial charge in [0, 0.05) is 18.6 Å². The van der Waals surface area contributed by atoms with E-state index in [0.29, 0.717) is 23.1 Å². The van der Waals surface area contributed by atoms with E-state index in [9.17, 15) is 18.0 Å². The Morgan fingerprint density at radius 2 is 1.58 bits per heavy atom. The van der Waals surface area contributed by atoms with E-state index >= 15 is 0 Å². The van der Waals surface area contributed by atoms with Crippen LogP contribution in [0.5, 0.6) is 5.75 Å². The maximum atomic E-state index is 13.8. The van der Waals surface area contributed by atoms with Gasteiger partial charge < -0.3 is 15.0 Å². The number of carbonyl (C=O) groups excluding carboxylic acids is 2. The van der Waals surface area contributed by atoms with E-state index < -0.39 is 28.5 Å². The van der Waals surface area contributed by atoms with Crippen LogP contribution in [-0.2, 0) is 26.2 Å². The molecule has 1 atom stereocenters. The third-order valence-corrected chi connectivity index (χ3v) is 8.04. The van der Waals surface area contributed by atoms with Gasteiger partial charge in [0.1, 0.15) is 18.3 Å². The van der Waals surface area contributed by atoms with Gasteiger partial charge in [-0.25, -0.2) is 8.42 Å². The fourth-order valence-electron chi connectivity index (χ4n) is 3.82. The molecule has 0 saturated heterocycles. The maximum absolute atomic E-state index is 13.8. The molecule has 2 amide bonds. The molecule has 3 rings (SSSR count). The fourth-order valence-corrected chi connectivity index (χ4v) is 5.36. The van der Waals surface area contributed by atoms with Crippen molar-refractivity contribution >= 4 is 39.1 Å². The summed E-state index contributed by atoms with van der Waals surface area (Å²) in [6.07, 6.45) is 0. The number of halogens is 1. The minimum absolute atomic E-state index is 0.0120. The van der Waals surface area contributed by atoms with Gasteiger partial charge in [0.15, 0.2) is 0 Å². The number of nitrogens with one attached hydrogen (secondary N) is 1. The molecule has 202 valence electrons. The Bertz CT molecular complexity index is 1340. The number of aryl methyl sites for hydroxylation is 1. The van der Waals surface area contributed by atoms with Gasteiger partial charge in [-0.3, -0.25) is 13.9 Å². The number of hydrogen-bond donors (Lipinski definition) is 1. The lowest BCUT2D eigenvalue weighted by Gasteiger charge is -2.31. The largest absolute Gasteiger partial charge is 0.494 e. The zero-order valence-corrected chi connectivity index (χ0v) is 23.4. The number of anilines is 1. The number of nitrogens with zero attached hydrogens (tertiary/aromatic N) is 2. The molecule has 0 saturated carbocycles. The third-order valence-electron chi connectivity index (χ3n) is 6.00. The first-order chi connectivity index (χ1) is 18.1. The van der Waals surface area contributed by atoms with Crippen molar-refractivity contribution in [2.24, 2.45) is 0 Å². The molecule has 1 N–H and O–H groups in total. The number of carbonyl (C=O) groups is 2. The molecular formula is C28H32ClN3O5S. The molecule has 0 bridgehead atoms. The topological polar surface area (TPSA) is 96.0 Å². The highest BCUT2D eigenvalue weighted by Crippen LogP contribution is 2.26. The molecule has 3 aromatic carbocycles. The number of likely N-dealkylation sites (N-methyl/N-ethyl adjacent to an activating group) is 1. The van der Waals surface area contributed by atoms with Crippen LogP contribution >= 0.6 is 11.6 Å². The lowest BCUT2D eigenvalue weighted by Crippen LogP contribution is -2.50. The van der Waals surface area contributed by atoms with Crippen LogP contribution in [0, 0.1) is 6.92 Å². The number of benzene rings is 3. The van der Waals surface area contributed by atoms with Gasteiger partial charge in [-0.2, -0.15) is 0 Å². The quantitative estimate of drug-likeness (QED) is 0.377. The smallest absolute Gasteiger partial charge is 0.264 e. The summed E-state index contributed by atoms with van der Waals surface area (Å²) in [5, 5.41) is 3.10. The van der Waals surface area contributed by atoms with Gasteiger partial charge in [-0.1, -0.05) is 41.4 Å². The second kappa shape index (κ2) is 12.8. The van der Waals surface area contributed by atoms with Crippen LogP contribution in [0.2, 0.25) is 5.02 Å². The lowest BCUT2D eigenvalue weighted by atomic mass is 10.1. The Hall–Kier alpha value is -3.56. The van der Waals surface area contributed by atoms with E-state index in [0.717, 1.165) is 15.4 Å². The van der Waals surface area contributed by atoms with E-state index in [4.69, 9.17) is 16.3 Å². The number of hydrogen-bond acceptors (Lipinski definition) is 5. The van der Waals surface area contributed by atoms with Crippen molar-refractivity contribution in [2.75, 3.05) is 24.5 Å². The number of amides is 2. The van der Waals surface area contributed by atoms with Gasteiger partial charge in [0.05, 0.1) is 17.2 Å². The summed E-state index contributed by atoms with van der Waals surface area (Å²) in [5.41, 5.74) is 2.02. The monoisotopic (exact) mass is 557 g/mol. The molecule has 0 aliphatic carbocycles. The molecule has 0 radical (unpaired) electrons. The average molecular weight is 558 g/mol. The van der Waals surface area contributed by atoms with E-state index in [-0.39, 0.29) is 17.3 Å². The molecule has 0 unspecified atom stereocenters. The average Bonchev–Trinajstić information content (AvgIpc) is 2.91. The molecule has 10 heteroatoms. The number of rotatable bonds is 11. The van der Waals surface area contributed by atoms with Crippen LogP contribution in [0.4, 0.5) is 5.69 Å². The van der Waals surface area contributed by atoms with Crippen LogP contribution < -0.4 is 14.4 Å². The van der Waals surface area contributed by atoms with E-state index in [1.807, 2.05) is 13.8 Å². The standard InChI is InChI=1S/C28H32ClN3O5S/c1-5-37-25-14-16-26(17-15-25)38(35,36)32(24-12-6-20(2)7-13-24)19-27(33)31(21(3)28(34)30-4)18-22-8-10-23(29)11-9-22/h6-17,21H,5,18-19H2,1-4H3,(H,30,34)/t21-/m0/s1. The van der Waals surface area contributed by atoms with Gasteiger partial charge in [0.25, 0.3) is 10.0 Å². The molecule has 0 aliphatic heterocycles. The Labute approximate surface area is 229 Å². The van der Waals surface area contributed by atoms with Gasteiger partial charge in [-0.15, -0.1) is 0 Å². The first kappa shape index (κ1) is 29.0. The summed E-state index contributed by atoms with van der Waals surface area (Å²) in [6.45, 7) is 5.36. The van der Waals surface area contributed by atoms with Crippen LogP contribution in [0.1, 0.15) is 25.0 Å². The van der Waals surface area contributed by atoms with Crippen molar-refractivity contribution in [3.63, 3.8) is 0 Å². The van der Waals surface area contributed by atoms with E-state index in [1.165, 1.54) is 24.1 Å². The predicted molar refractivity (Wildman–Crippen MR) is 149 cm³/mol. The predicted octanol–water partition coefficient (Wildman–Crippen LogP) is 4.41. The number of ether oxygens (including phenoxy) is 1. The van der Waals surface area contributed by atoms with Crippen molar-refractivity contribution in [1.29, 1.82) is 0 Å². The first-order valence-corrected chi connectivity index (χ1v) is 14.0. The van der Waals surface area contributed by atoms with Gasteiger partial charge in [-0.05, 0) is 74.9 Å². The summed E-state index contributed by atoms with van der Waals surface area (Å²) in [5.74, 6) is -0.368. The second-order valence-electron chi connectivity index (χ2n) is 8.69. The van der Waals surface area contributed by atoms with Crippen molar-refractivity contribution in [1.82, 2.24) is 10.2 Å². The van der Waals surface area contributed by atoms with E-state index in [1.54, 1.807) is 67.6 Å². The van der Waals surface area contributed by atoms with Crippen molar-refractivity contribution in [2.45, 2.75) is 38.3 Å². The fraction of sp³-hybridized carbons (Fsp3) is 0.286. The van der Waals surface area contributed by atoms with Crippen LogP contribution in [0.25, 0.3) is 0 Å². The van der Waals surface area contributed by atoms with Crippen molar-refractivity contribution < 1.29 is 22.7 Å². The Morgan fingerprint density at radius 3 is 2.13 bits per heavy atom. The Morgan fingerprint density at radius 1 is 0.974 bits per heavy atom. The highest BCUT2D eigenvalue weighted by Gasteiger charge is 2.32. The Kier molecular flexibility index (Phi) is 9.77. The highest BCUT2D eigenvalue weighted by atomic mass is 35.5. The Balaban J connectivity index is 2.00. The maximum Gasteiger partial charge on any atom is 0.264 e. The SMILES string of the molecule is CCOc1ccc(S(=O)(=O)N(CC(=O)N(Cc2ccc(Cl)cc2)[C@@H](C)C(=O)NC)c2ccc(C)cc2)cc1. The first-order valence-electron chi connectivity index (χ1n) is 12.1. The van der Waals surface area contributed by atoms with Crippen LogP contribution in [-0.4, -0.2) is 51.4 Å². The molecule has 3 aromatic rings. The summed E-state index contributed by atoms with van der Waals surface area (Å²) in [7, 11) is -2.66. The minimum atomic E-state index is -4.14. The molecule has 0 aromatic heterocycles. The molecule has 8 nitrogen and oxygen atoms in total. The molecule has 0 spiro atoms. The summed E-state index contributed by atoms with van der Waals surface area (Å²) in [6, 6.07) is 19.0. The summed E-state index contributed by atoms with van der Waals surface area (Å²) in [4.78, 5) is 27.6. The minimum Gasteiger partial charge on any atom is -0.494 e. The van der Waals surface area contributed by atoms with Gasteiger partial charge >= 0.3 is 0 Å². The highest BCUT2D eigenvalue weighted by molar-refractivity contribution is 7.92. The summed E-state index contributed by atoms with van der Waals surface area (Å²) >= 11 is 6.00. The molecule has 0 fully saturated rings. The van der Waals surface area contributed by atoms with E-state index in [2.05, 4.69) is 5.32 Å². The van der Waals surface area contributed by atoms with Crippen LogP contribution in [0.15, 0.2) is 77.7 Å². The van der Waals surface area contributed by atoms with Crippen molar-refractivity contribution in [3.8, 4) is 5.75 Å². The van der Waals surface area contributed by atoms with Crippen molar-refractivity contribution in [3.05, 3.63) is 88.9 Å². The lowest BCUT2D eigenvalue weighted by molar-refractivity contribution is -0.139. The third kappa shape index (κ3) is 7.05. The second-order valence-corrected chi connectivity index (χ2v) is 11.0. The molecule has 0 aliphatic rings. The molecule has 38 heavy (non-hydrogen) atoms.